The fourth-order valence-corrected chi connectivity index (χ4v) is 1.80. The second kappa shape index (κ2) is 7.30. The van der Waals surface area contributed by atoms with Gasteiger partial charge in [-0.25, -0.2) is 0 Å². The lowest BCUT2D eigenvalue weighted by molar-refractivity contribution is 0.0754. The number of amides is 1. The molecular weight excluding hydrogens is 238 g/mol. The number of aliphatic hydroxyl groups is 1. The van der Waals surface area contributed by atoms with Crippen molar-refractivity contribution in [3.05, 3.63) is 35.4 Å². The van der Waals surface area contributed by atoms with Gasteiger partial charge >= 0.3 is 0 Å². The Balaban J connectivity index is 2.78. The number of rotatable bonds is 6. The van der Waals surface area contributed by atoms with Gasteiger partial charge in [-0.2, -0.15) is 0 Å². The highest BCUT2D eigenvalue weighted by molar-refractivity contribution is 6.17. The molecule has 0 radical (unpaired) electrons. The molecule has 0 aliphatic rings. The number of aliphatic hydroxyl groups excluding tert-OH is 1. The van der Waals surface area contributed by atoms with Gasteiger partial charge in [-0.3, -0.25) is 4.79 Å². The summed E-state index contributed by atoms with van der Waals surface area (Å²) in [6.45, 7) is 3.26. The normalized spacial score (nSPS) is 10.3. The fraction of sp³-hybridized carbons (Fsp3) is 0.462. The zero-order valence-corrected chi connectivity index (χ0v) is 10.8. The van der Waals surface area contributed by atoms with E-state index in [9.17, 15) is 4.79 Å². The van der Waals surface area contributed by atoms with Crippen LogP contribution in [-0.4, -0.2) is 35.6 Å². The van der Waals surface area contributed by atoms with E-state index in [2.05, 4.69) is 0 Å². The SMILES string of the molecule is CCN(CCCO)C(=O)c1cccc(CCl)c1. The molecule has 4 heteroatoms. The number of hydrogen-bond acceptors (Lipinski definition) is 2. The predicted molar refractivity (Wildman–Crippen MR) is 69.3 cm³/mol. The smallest absolute Gasteiger partial charge is 0.253 e. The maximum absolute atomic E-state index is 12.2. The zero-order chi connectivity index (χ0) is 12.7. The van der Waals surface area contributed by atoms with Gasteiger partial charge in [-0.05, 0) is 31.0 Å². The molecule has 1 aromatic carbocycles. The van der Waals surface area contributed by atoms with Crippen molar-refractivity contribution in [3.63, 3.8) is 0 Å². The first-order valence-corrected chi connectivity index (χ1v) is 6.31. The van der Waals surface area contributed by atoms with Gasteiger partial charge in [-0.15, -0.1) is 11.6 Å². The average molecular weight is 256 g/mol. The number of halogens is 1. The van der Waals surface area contributed by atoms with Crippen LogP contribution in [0, 0.1) is 0 Å². The Bertz CT molecular complexity index is 368. The predicted octanol–water partition coefficient (Wildman–Crippen LogP) is 2.27. The molecule has 1 aromatic rings. The number of benzene rings is 1. The van der Waals surface area contributed by atoms with Crippen LogP contribution in [0.4, 0.5) is 0 Å². The Kier molecular flexibility index (Phi) is 6.01. The van der Waals surface area contributed by atoms with Crippen LogP contribution in [0.15, 0.2) is 24.3 Å². The number of carbonyl (C=O) groups excluding carboxylic acids is 1. The van der Waals surface area contributed by atoms with Crippen molar-refractivity contribution < 1.29 is 9.90 Å². The number of hydrogen-bond donors (Lipinski definition) is 1. The molecule has 0 unspecified atom stereocenters. The van der Waals surface area contributed by atoms with Gasteiger partial charge in [0, 0.05) is 31.1 Å². The lowest BCUT2D eigenvalue weighted by Gasteiger charge is -2.20. The summed E-state index contributed by atoms with van der Waals surface area (Å²) >= 11 is 5.74. The summed E-state index contributed by atoms with van der Waals surface area (Å²) in [5.41, 5.74) is 1.60. The zero-order valence-electron chi connectivity index (χ0n) is 10.0. The molecule has 0 aromatic heterocycles. The minimum Gasteiger partial charge on any atom is -0.396 e. The lowest BCUT2D eigenvalue weighted by atomic mass is 10.1. The Morgan fingerprint density at radius 1 is 1.47 bits per heavy atom. The van der Waals surface area contributed by atoms with Crippen molar-refractivity contribution in [2.75, 3.05) is 19.7 Å². The maximum Gasteiger partial charge on any atom is 0.253 e. The van der Waals surface area contributed by atoms with E-state index in [0.717, 1.165) is 5.56 Å². The van der Waals surface area contributed by atoms with E-state index in [1.165, 1.54) is 0 Å². The van der Waals surface area contributed by atoms with E-state index in [1.54, 1.807) is 11.0 Å². The molecule has 0 heterocycles. The van der Waals surface area contributed by atoms with E-state index in [0.29, 0.717) is 31.0 Å². The van der Waals surface area contributed by atoms with Crippen LogP contribution in [0.2, 0.25) is 0 Å². The van der Waals surface area contributed by atoms with E-state index >= 15 is 0 Å². The quantitative estimate of drug-likeness (QED) is 0.793. The summed E-state index contributed by atoms with van der Waals surface area (Å²) in [5.74, 6) is 0.400. The standard InChI is InChI=1S/C13H18ClNO2/c1-2-15(7-4-8-16)13(17)12-6-3-5-11(9-12)10-14/h3,5-6,9,16H,2,4,7-8,10H2,1H3. The van der Waals surface area contributed by atoms with E-state index in [1.807, 2.05) is 25.1 Å². The van der Waals surface area contributed by atoms with Crippen molar-refractivity contribution in [1.29, 1.82) is 0 Å². The molecule has 0 saturated carbocycles. The largest absolute Gasteiger partial charge is 0.396 e. The number of nitrogens with zero attached hydrogens (tertiary/aromatic N) is 1. The van der Waals surface area contributed by atoms with Crippen molar-refractivity contribution in [2.45, 2.75) is 19.2 Å². The van der Waals surface area contributed by atoms with Gasteiger partial charge in [-0.1, -0.05) is 12.1 Å². The second-order valence-electron chi connectivity index (χ2n) is 3.80. The molecule has 1 amide bonds. The Hall–Kier alpha value is -1.06. The van der Waals surface area contributed by atoms with E-state index < -0.39 is 0 Å². The first-order valence-electron chi connectivity index (χ1n) is 5.78. The molecule has 0 spiro atoms. The summed E-state index contributed by atoms with van der Waals surface area (Å²) in [7, 11) is 0. The van der Waals surface area contributed by atoms with E-state index in [-0.39, 0.29) is 12.5 Å². The topological polar surface area (TPSA) is 40.5 Å². The van der Waals surface area contributed by atoms with Crippen LogP contribution in [0.25, 0.3) is 0 Å². The summed E-state index contributed by atoms with van der Waals surface area (Å²) in [6.07, 6.45) is 0.606. The Labute approximate surface area is 107 Å². The minimum absolute atomic E-state index is 0.00656. The van der Waals surface area contributed by atoms with Crippen LogP contribution in [-0.2, 0) is 5.88 Å². The van der Waals surface area contributed by atoms with Crippen molar-refractivity contribution in [3.8, 4) is 0 Å². The molecule has 3 nitrogen and oxygen atoms in total. The van der Waals surface area contributed by atoms with Crippen LogP contribution >= 0.6 is 11.6 Å². The molecular formula is C13H18ClNO2. The highest BCUT2D eigenvalue weighted by Gasteiger charge is 2.13. The van der Waals surface area contributed by atoms with Crippen molar-refractivity contribution >= 4 is 17.5 Å². The van der Waals surface area contributed by atoms with E-state index in [4.69, 9.17) is 16.7 Å². The molecule has 1 rings (SSSR count). The Morgan fingerprint density at radius 3 is 2.82 bits per heavy atom. The van der Waals surface area contributed by atoms with Gasteiger partial charge < -0.3 is 10.0 Å². The summed E-state index contributed by atoms with van der Waals surface area (Å²) in [4.78, 5) is 13.9. The average Bonchev–Trinajstić information content (AvgIpc) is 2.39. The van der Waals surface area contributed by atoms with Crippen molar-refractivity contribution in [2.24, 2.45) is 0 Å². The highest BCUT2D eigenvalue weighted by atomic mass is 35.5. The summed E-state index contributed by atoms with van der Waals surface area (Å²) in [5, 5.41) is 8.79. The molecule has 0 atom stereocenters. The van der Waals surface area contributed by atoms with Gasteiger partial charge in [0.25, 0.3) is 5.91 Å². The first-order chi connectivity index (χ1) is 8.22. The molecule has 17 heavy (non-hydrogen) atoms. The molecule has 94 valence electrons. The van der Waals surface area contributed by atoms with Crippen LogP contribution in [0.3, 0.4) is 0 Å². The first kappa shape index (κ1) is 14.0. The maximum atomic E-state index is 12.2. The van der Waals surface area contributed by atoms with Gasteiger partial charge in [0.15, 0.2) is 0 Å². The number of alkyl halides is 1. The summed E-state index contributed by atoms with van der Waals surface area (Å²) in [6, 6.07) is 7.34. The monoisotopic (exact) mass is 255 g/mol. The third-order valence-corrected chi connectivity index (χ3v) is 2.89. The second-order valence-corrected chi connectivity index (χ2v) is 4.06. The van der Waals surface area contributed by atoms with Gasteiger partial charge in [0.1, 0.15) is 0 Å². The van der Waals surface area contributed by atoms with Crippen molar-refractivity contribution in [1.82, 2.24) is 4.90 Å². The fourth-order valence-electron chi connectivity index (χ4n) is 1.63. The van der Waals surface area contributed by atoms with Crippen LogP contribution in [0.1, 0.15) is 29.3 Å². The summed E-state index contributed by atoms with van der Waals surface area (Å²) < 4.78 is 0. The molecule has 0 saturated heterocycles. The highest BCUT2D eigenvalue weighted by Crippen LogP contribution is 2.10. The van der Waals surface area contributed by atoms with Crippen LogP contribution < -0.4 is 0 Å². The molecule has 1 N–H and O–H groups in total. The molecule has 0 aliphatic heterocycles. The van der Waals surface area contributed by atoms with Gasteiger partial charge in [0.2, 0.25) is 0 Å². The third kappa shape index (κ3) is 4.02. The lowest BCUT2D eigenvalue weighted by Crippen LogP contribution is -2.32. The third-order valence-electron chi connectivity index (χ3n) is 2.58. The molecule has 0 bridgehead atoms. The van der Waals surface area contributed by atoms with Gasteiger partial charge in [0.05, 0.1) is 0 Å². The number of carbonyl (C=O) groups is 1. The Morgan fingerprint density at radius 2 is 2.24 bits per heavy atom. The minimum atomic E-state index is -0.00656. The molecule has 0 fully saturated rings. The molecule has 0 aliphatic carbocycles. The van der Waals surface area contributed by atoms with Crippen LogP contribution in [0.5, 0.6) is 0 Å².